The van der Waals surface area contributed by atoms with Gasteiger partial charge < -0.3 is 9.32 Å². The highest BCUT2D eigenvalue weighted by atomic mass is 19.1. The van der Waals surface area contributed by atoms with Crippen LogP contribution in [-0.4, -0.2) is 28.6 Å². The normalized spacial score (nSPS) is 18.4. The maximum Gasteiger partial charge on any atom is 0.294 e. The number of hydrazone groups is 1. The number of hydrogen-bond acceptors (Lipinski definition) is 5. The van der Waals surface area contributed by atoms with Crippen LogP contribution in [0.4, 0.5) is 10.1 Å². The number of hydrogen-bond donors (Lipinski definition) is 1. The molecular formula is C26H25FN4O3. The van der Waals surface area contributed by atoms with E-state index in [0.717, 1.165) is 36.1 Å². The Bertz CT molecular complexity index is 1300. The van der Waals surface area contributed by atoms with Gasteiger partial charge in [-0.1, -0.05) is 0 Å². The molecule has 0 spiro atoms. The number of carbonyl (C=O) groups is 2. The van der Waals surface area contributed by atoms with Crippen LogP contribution in [0.1, 0.15) is 69.5 Å². The van der Waals surface area contributed by atoms with Gasteiger partial charge in [-0.15, -0.1) is 0 Å². The van der Waals surface area contributed by atoms with Crippen LogP contribution < -0.4 is 10.3 Å². The molecule has 1 aliphatic heterocycles. The Morgan fingerprint density at radius 1 is 1.24 bits per heavy atom. The fourth-order valence-corrected chi connectivity index (χ4v) is 4.80. The van der Waals surface area contributed by atoms with Crippen LogP contribution in [0.15, 0.2) is 52.2 Å². The highest BCUT2D eigenvalue weighted by Crippen LogP contribution is 2.36. The van der Waals surface area contributed by atoms with Crippen LogP contribution in [0.2, 0.25) is 0 Å². The summed E-state index contributed by atoms with van der Waals surface area (Å²) in [6.07, 6.45) is 6.70. The Morgan fingerprint density at radius 3 is 2.88 bits per heavy atom. The molecule has 2 amide bonds. The summed E-state index contributed by atoms with van der Waals surface area (Å²) < 4.78 is 19.9. The molecule has 5 rings (SSSR count). The molecule has 1 N–H and O–H groups in total. The largest absolute Gasteiger partial charge is 0.455 e. The molecule has 7 nitrogen and oxygen atoms in total. The van der Waals surface area contributed by atoms with E-state index in [4.69, 9.17) is 4.42 Å². The van der Waals surface area contributed by atoms with E-state index in [-0.39, 0.29) is 29.4 Å². The maximum absolute atomic E-state index is 13.8. The van der Waals surface area contributed by atoms with Gasteiger partial charge in [0.2, 0.25) is 0 Å². The van der Waals surface area contributed by atoms with Gasteiger partial charge in [-0.25, -0.2) is 9.82 Å². The van der Waals surface area contributed by atoms with E-state index >= 15 is 0 Å². The molecule has 8 heteroatoms. The molecule has 0 bridgehead atoms. The average Bonchev–Trinajstić information content (AvgIpc) is 3.19. The summed E-state index contributed by atoms with van der Waals surface area (Å²) in [5, 5.41) is 4.37. The van der Waals surface area contributed by atoms with Crippen molar-refractivity contribution in [1.82, 2.24) is 10.4 Å². The lowest BCUT2D eigenvalue weighted by Gasteiger charge is -2.34. The summed E-state index contributed by atoms with van der Waals surface area (Å²) in [5.74, 6) is 0.0639. The second kappa shape index (κ2) is 8.85. The number of furan rings is 1. The van der Waals surface area contributed by atoms with Crippen molar-refractivity contribution in [2.24, 2.45) is 5.10 Å². The Kier molecular flexibility index (Phi) is 5.73. The van der Waals surface area contributed by atoms with Crippen molar-refractivity contribution >= 4 is 23.2 Å². The van der Waals surface area contributed by atoms with Crippen LogP contribution >= 0.6 is 0 Å². The van der Waals surface area contributed by atoms with Gasteiger partial charge in [0, 0.05) is 41.7 Å². The minimum Gasteiger partial charge on any atom is -0.455 e. The number of anilines is 1. The predicted molar refractivity (Wildman–Crippen MR) is 126 cm³/mol. The highest BCUT2D eigenvalue weighted by molar-refractivity contribution is 6.11. The first kappa shape index (κ1) is 22.0. The molecule has 1 aromatic carbocycles. The number of carbonyl (C=O) groups excluding carboxylic acids is 2. The van der Waals surface area contributed by atoms with Crippen molar-refractivity contribution in [3.8, 4) is 0 Å². The minimum atomic E-state index is -0.351. The smallest absolute Gasteiger partial charge is 0.294 e. The lowest BCUT2D eigenvalue weighted by molar-refractivity contribution is 0.0941. The number of amides is 2. The number of rotatable bonds is 3. The topological polar surface area (TPSA) is 87.8 Å². The third-order valence-electron chi connectivity index (χ3n) is 6.53. The first-order valence-electron chi connectivity index (χ1n) is 11.5. The van der Waals surface area contributed by atoms with E-state index < -0.39 is 0 Å². The molecule has 174 valence electrons. The minimum absolute atomic E-state index is 0.0427. The number of aromatic nitrogens is 1. The third-order valence-corrected chi connectivity index (χ3v) is 6.53. The standard InChI is InChI=1S/C26H25FN4O3/c1-15-8-9-17-13-19(27)10-11-21(17)31(15)26(33)24-16(2)23-20(6-3-7-22(23)34-24)29-30-25(32)18-5-4-12-28-14-18/h4-5,10-15H,3,6-9H2,1-2H3,(H,30,32)/b29-20+. The van der Waals surface area contributed by atoms with Gasteiger partial charge in [0.15, 0.2) is 5.76 Å². The molecule has 3 heterocycles. The third kappa shape index (κ3) is 3.89. The fourth-order valence-electron chi connectivity index (χ4n) is 4.80. The van der Waals surface area contributed by atoms with Crippen LogP contribution in [-0.2, 0) is 12.8 Å². The Labute approximate surface area is 196 Å². The van der Waals surface area contributed by atoms with Gasteiger partial charge in [-0.2, -0.15) is 5.10 Å². The Hall–Kier alpha value is -3.81. The van der Waals surface area contributed by atoms with Gasteiger partial charge in [-0.3, -0.25) is 14.6 Å². The van der Waals surface area contributed by atoms with Crippen LogP contribution in [0.3, 0.4) is 0 Å². The molecule has 0 saturated carbocycles. The Balaban J connectivity index is 1.46. The fraction of sp³-hybridized carbons (Fsp3) is 0.308. The molecule has 1 atom stereocenters. The molecule has 0 fully saturated rings. The molecule has 3 aromatic rings. The van der Waals surface area contributed by atoms with E-state index in [0.29, 0.717) is 35.4 Å². The molecule has 0 saturated heterocycles. The van der Waals surface area contributed by atoms with E-state index in [2.05, 4.69) is 15.5 Å². The van der Waals surface area contributed by atoms with Crippen molar-refractivity contribution in [3.05, 3.63) is 82.3 Å². The predicted octanol–water partition coefficient (Wildman–Crippen LogP) is 4.57. The van der Waals surface area contributed by atoms with Gasteiger partial charge in [0.05, 0.1) is 11.3 Å². The molecule has 34 heavy (non-hydrogen) atoms. The molecule has 2 aromatic heterocycles. The van der Waals surface area contributed by atoms with E-state index in [1.807, 2.05) is 13.8 Å². The van der Waals surface area contributed by atoms with Crippen molar-refractivity contribution in [3.63, 3.8) is 0 Å². The van der Waals surface area contributed by atoms with Crippen molar-refractivity contribution in [2.45, 2.75) is 52.0 Å². The zero-order valence-corrected chi connectivity index (χ0v) is 19.1. The first-order chi connectivity index (χ1) is 16.4. The van der Waals surface area contributed by atoms with Gasteiger partial charge in [-0.05, 0) is 75.4 Å². The average molecular weight is 461 g/mol. The molecule has 0 radical (unpaired) electrons. The van der Waals surface area contributed by atoms with E-state index in [9.17, 15) is 14.0 Å². The molecule has 2 aliphatic rings. The van der Waals surface area contributed by atoms with Crippen molar-refractivity contribution in [1.29, 1.82) is 0 Å². The summed E-state index contributed by atoms with van der Waals surface area (Å²) in [4.78, 5) is 31.8. The Morgan fingerprint density at radius 2 is 2.09 bits per heavy atom. The number of benzene rings is 1. The van der Waals surface area contributed by atoms with E-state index in [1.165, 1.54) is 18.3 Å². The quantitative estimate of drug-likeness (QED) is 0.580. The van der Waals surface area contributed by atoms with Gasteiger partial charge in [0.25, 0.3) is 11.8 Å². The zero-order chi connectivity index (χ0) is 23.8. The molecular weight excluding hydrogens is 435 g/mol. The van der Waals surface area contributed by atoms with Crippen LogP contribution in [0.25, 0.3) is 0 Å². The summed E-state index contributed by atoms with van der Waals surface area (Å²) in [5.41, 5.74) is 6.73. The molecule has 1 aliphatic carbocycles. The van der Waals surface area contributed by atoms with Gasteiger partial charge in [0.1, 0.15) is 11.6 Å². The second-order valence-electron chi connectivity index (χ2n) is 8.78. The van der Waals surface area contributed by atoms with Crippen molar-refractivity contribution in [2.75, 3.05) is 4.90 Å². The summed E-state index contributed by atoms with van der Waals surface area (Å²) >= 11 is 0. The number of nitrogens with zero attached hydrogens (tertiary/aromatic N) is 3. The number of pyridine rings is 1. The van der Waals surface area contributed by atoms with Crippen molar-refractivity contribution < 1.29 is 18.4 Å². The zero-order valence-electron chi connectivity index (χ0n) is 19.1. The van der Waals surface area contributed by atoms with E-state index in [1.54, 1.807) is 29.3 Å². The monoisotopic (exact) mass is 460 g/mol. The lowest BCUT2D eigenvalue weighted by atomic mass is 9.92. The number of halogens is 1. The lowest BCUT2D eigenvalue weighted by Crippen LogP contribution is -2.42. The first-order valence-corrected chi connectivity index (χ1v) is 11.5. The summed E-state index contributed by atoms with van der Waals surface area (Å²) in [6, 6.07) is 7.85. The maximum atomic E-state index is 13.8. The highest BCUT2D eigenvalue weighted by Gasteiger charge is 2.35. The molecule has 1 unspecified atom stereocenters. The van der Waals surface area contributed by atoms with Crippen LogP contribution in [0, 0.1) is 12.7 Å². The SMILES string of the molecule is Cc1c(C(=O)N2c3ccc(F)cc3CCC2C)oc2c1/C(=N/NC(=O)c1cccnc1)CCC2. The number of fused-ring (bicyclic) bond motifs is 2. The number of aryl methyl sites for hydroxylation is 2. The summed E-state index contributed by atoms with van der Waals surface area (Å²) in [6.45, 7) is 3.84. The number of nitrogens with one attached hydrogen (secondary N) is 1. The van der Waals surface area contributed by atoms with Gasteiger partial charge >= 0.3 is 0 Å². The van der Waals surface area contributed by atoms with Crippen LogP contribution in [0.5, 0.6) is 0 Å². The summed E-state index contributed by atoms with van der Waals surface area (Å²) in [7, 11) is 0. The second-order valence-corrected chi connectivity index (χ2v) is 8.78.